The summed E-state index contributed by atoms with van der Waals surface area (Å²) < 4.78 is 10.8. The van der Waals surface area contributed by atoms with Gasteiger partial charge in [-0.25, -0.2) is 0 Å². The van der Waals surface area contributed by atoms with Gasteiger partial charge in [0.15, 0.2) is 11.5 Å². The summed E-state index contributed by atoms with van der Waals surface area (Å²) in [4.78, 5) is 12.2. The standard InChI is InChI=1S/C18H27NO4/c1-18(2,14-8-10-19-11-9-14)23-17(21)7-5-13-4-6-15(20)16(12-13)22-3/h4,6,12,14,19-20H,5,7-11H2,1-3H3/p+1. The number of ether oxygens (including phenoxy) is 2. The first-order chi connectivity index (χ1) is 10.9. The minimum Gasteiger partial charge on any atom is -0.504 e. The average molecular weight is 322 g/mol. The summed E-state index contributed by atoms with van der Waals surface area (Å²) in [6, 6.07) is 5.14. The fourth-order valence-corrected chi connectivity index (χ4v) is 3.17. The number of hydrogen-bond donors (Lipinski definition) is 2. The highest BCUT2D eigenvalue weighted by molar-refractivity contribution is 5.70. The molecule has 1 aliphatic rings. The molecule has 1 fully saturated rings. The van der Waals surface area contributed by atoms with Crippen LogP contribution < -0.4 is 10.1 Å². The zero-order valence-electron chi connectivity index (χ0n) is 14.3. The second-order valence-corrected chi connectivity index (χ2v) is 6.72. The molecule has 0 radical (unpaired) electrons. The molecule has 0 aromatic heterocycles. The Kier molecular flexibility index (Phi) is 5.88. The molecule has 0 bridgehead atoms. The normalized spacial score (nSPS) is 16.1. The molecule has 3 N–H and O–H groups in total. The number of carbonyl (C=O) groups excluding carboxylic acids is 1. The zero-order chi connectivity index (χ0) is 16.9. The van der Waals surface area contributed by atoms with Crippen LogP contribution >= 0.6 is 0 Å². The second-order valence-electron chi connectivity index (χ2n) is 6.72. The second kappa shape index (κ2) is 7.68. The monoisotopic (exact) mass is 322 g/mol. The van der Waals surface area contributed by atoms with Gasteiger partial charge in [-0.3, -0.25) is 4.79 Å². The van der Waals surface area contributed by atoms with E-state index in [1.807, 2.05) is 13.8 Å². The summed E-state index contributed by atoms with van der Waals surface area (Å²) in [7, 11) is 1.51. The lowest BCUT2D eigenvalue weighted by molar-refractivity contribution is -0.665. The van der Waals surface area contributed by atoms with Crippen molar-refractivity contribution in [2.75, 3.05) is 20.2 Å². The van der Waals surface area contributed by atoms with Gasteiger partial charge in [0.05, 0.1) is 20.2 Å². The molecule has 0 unspecified atom stereocenters. The third-order valence-electron chi connectivity index (χ3n) is 4.66. The molecule has 1 saturated heterocycles. The lowest BCUT2D eigenvalue weighted by Gasteiger charge is -2.35. The fraction of sp³-hybridized carbons (Fsp3) is 0.611. The van der Waals surface area contributed by atoms with Gasteiger partial charge in [0.25, 0.3) is 0 Å². The minimum atomic E-state index is -0.405. The number of quaternary nitrogens is 1. The largest absolute Gasteiger partial charge is 0.504 e. The summed E-state index contributed by atoms with van der Waals surface area (Å²) in [5.74, 6) is 0.797. The van der Waals surface area contributed by atoms with Crippen molar-refractivity contribution in [3.05, 3.63) is 23.8 Å². The number of benzene rings is 1. The third kappa shape index (κ3) is 4.86. The molecule has 1 aliphatic heterocycles. The Morgan fingerprint density at radius 1 is 1.35 bits per heavy atom. The molecule has 2 rings (SSSR count). The smallest absolute Gasteiger partial charge is 0.306 e. The van der Waals surface area contributed by atoms with Gasteiger partial charge < -0.3 is 19.9 Å². The van der Waals surface area contributed by atoms with Gasteiger partial charge in [-0.05, 0) is 38.0 Å². The van der Waals surface area contributed by atoms with Crippen molar-refractivity contribution >= 4 is 5.97 Å². The Labute approximate surface area is 138 Å². The molecule has 23 heavy (non-hydrogen) atoms. The van der Waals surface area contributed by atoms with E-state index in [2.05, 4.69) is 5.32 Å². The van der Waals surface area contributed by atoms with Crippen LogP contribution in [-0.4, -0.2) is 36.9 Å². The zero-order valence-corrected chi connectivity index (χ0v) is 14.3. The maximum Gasteiger partial charge on any atom is 0.306 e. The maximum atomic E-state index is 12.2. The number of rotatable bonds is 6. The number of piperidine rings is 1. The number of aromatic hydroxyl groups is 1. The lowest BCUT2D eigenvalue weighted by atomic mass is 9.83. The van der Waals surface area contributed by atoms with E-state index < -0.39 is 5.60 Å². The minimum absolute atomic E-state index is 0.106. The molecular weight excluding hydrogens is 294 g/mol. The molecule has 5 nitrogen and oxygen atoms in total. The predicted octanol–water partition coefficient (Wildman–Crippen LogP) is 1.63. The van der Waals surface area contributed by atoms with Crippen molar-refractivity contribution in [1.82, 2.24) is 0 Å². The number of hydrogen-bond acceptors (Lipinski definition) is 4. The molecule has 1 aromatic carbocycles. The number of methoxy groups -OCH3 is 1. The summed E-state index contributed by atoms with van der Waals surface area (Å²) in [6.07, 6.45) is 3.09. The van der Waals surface area contributed by atoms with Crippen LogP contribution in [0.1, 0.15) is 38.7 Å². The van der Waals surface area contributed by atoms with Crippen LogP contribution in [0.25, 0.3) is 0 Å². The van der Waals surface area contributed by atoms with Crippen LogP contribution in [0.15, 0.2) is 18.2 Å². The van der Waals surface area contributed by atoms with E-state index in [0.717, 1.165) is 31.5 Å². The lowest BCUT2D eigenvalue weighted by Crippen LogP contribution is -2.86. The number of phenols is 1. The summed E-state index contributed by atoms with van der Waals surface area (Å²) in [5, 5.41) is 11.9. The first-order valence-corrected chi connectivity index (χ1v) is 8.32. The van der Waals surface area contributed by atoms with Crippen LogP contribution in [0.3, 0.4) is 0 Å². The highest BCUT2D eigenvalue weighted by atomic mass is 16.6. The summed E-state index contributed by atoms with van der Waals surface area (Å²) in [5.41, 5.74) is 0.541. The molecule has 1 heterocycles. The molecule has 0 amide bonds. The Balaban J connectivity index is 1.87. The Hall–Kier alpha value is -1.75. The topological polar surface area (TPSA) is 72.4 Å². The van der Waals surface area contributed by atoms with E-state index >= 15 is 0 Å². The van der Waals surface area contributed by atoms with Gasteiger partial charge >= 0.3 is 5.97 Å². The van der Waals surface area contributed by atoms with Crippen LogP contribution in [0, 0.1) is 5.92 Å². The Morgan fingerprint density at radius 2 is 2.04 bits per heavy atom. The quantitative estimate of drug-likeness (QED) is 0.781. The van der Waals surface area contributed by atoms with Crippen molar-refractivity contribution in [3.8, 4) is 11.5 Å². The van der Waals surface area contributed by atoms with Crippen LogP contribution in [0.5, 0.6) is 11.5 Å². The van der Waals surface area contributed by atoms with E-state index in [4.69, 9.17) is 9.47 Å². The fourth-order valence-electron chi connectivity index (χ4n) is 3.17. The molecule has 0 spiro atoms. The van der Waals surface area contributed by atoms with E-state index in [1.165, 1.54) is 7.11 Å². The molecule has 1 aromatic rings. The van der Waals surface area contributed by atoms with Gasteiger partial charge in [-0.2, -0.15) is 0 Å². The molecule has 5 heteroatoms. The van der Waals surface area contributed by atoms with Crippen LogP contribution in [0.2, 0.25) is 0 Å². The van der Waals surface area contributed by atoms with Gasteiger partial charge in [-0.1, -0.05) is 6.07 Å². The number of aryl methyl sites for hydroxylation is 1. The SMILES string of the molecule is COc1cc(CCC(=O)OC(C)(C)C2CC[NH2+]CC2)ccc1O. The van der Waals surface area contributed by atoms with Crippen LogP contribution in [-0.2, 0) is 16.0 Å². The number of nitrogens with two attached hydrogens (primary N) is 1. The van der Waals surface area contributed by atoms with E-state index in [9.17, 15) is 9.90 Å². The van der Waals surface area contributed by atoms with Crippen LogP contribution in [0.4, 0.5) is 0 Å². The first-order valence-electron chi connectivity index (χ1n) is 8.32. The molecule has 0 saturated carbocycles. The first kappa shape index (κ1) is 17.6. The molecule has 0 aliphatic carbocycles. The molecular formula is C18H28NO4+. The molecule has 0 atom stereocenters. The average Bonchev–Trinajstić information content (AvgIpc) is 2.54. The number of esters is 1. The predicted molar refractivity (Wildman–Crippen MR) is 87.5 cm³/mol. The molecule has 128 valence electrons. The van der Waals surface area contributed by atoms with Crippen molar-refractivity contribution < 1.29 is 24.7 Å². The highest BCUT2D eigenvalue weighted by Gasteiger charge is 2.35. The van der Waals surface area contributed by atoms with Crippen molar-refractivity contribution in [1.29, 1.82) is 0 Å². The number of phenolic OH excluding ortho intramolecular Hbond substituents is 1. The summed E-state index contributed by atoms with van der Waals surface area (Å²) >= 11 is 0. The maximum absolute atomic E-state index is 12.2. The van der Waals surface area contributed by atoms with Crippen molar-refractivity contribution in [3.63, 3.8) is 0 Å². The van der Waals surface area contributed by atoms with E-state index in [-0.39, 0.29) is 11.7 Å². The highest BCUT2D eigenvalue weighted by Crippen LogP contribution is 2.29. The van der Waals surface area contributed by atoms with Gasteiger partial charge in [-0.15, -0.1) is 0 Å². The van der Waals surface area contributed by atoms with E-state index in [0.29, 0.717) is 24.5 Å². The van der Waals surface area contributed by atoms with Crippen molar-refractivity contribution in [2.45, 2.75) is 45.1 Å². The van der Waals surface area contributed by atoms with Gasteiger partial charge in [0, 0.05) is 25.2 Å². The van der Waals surface area contributed by atoms with Crippen molar-refractivity contribution in [2.24, 2.45) is 5.92 Å². The van der Waals surface area contributed by atoms with Gasteiger partial charge in [0.2, 0.25) is 0 Å². The summed E-state index contributed by atoms with van der Waals surface area (Å²) in [6.45, 7) is 6.26. The Morgan fingerprint density at radius 3 is 2.70 bits per heavy atom. The third-order valence-corrected chi connectivity index (χ3v) is 4.66. The Bertz CT molecular complexity index is 536. The van der Waals surface area contributed by atoms with Gasteiger partial charge in [0.1, 0.15) is 5.60 Å². The number of carbonyl (C=O) groups is 1. The van der Waals surface area contributed by atoms with E-state index in [1.54, 1.807) is 18.2 Å².